The molecular weight excluding hydrogens is 212 g/mol. The smallest absolute Gasteiger partial charge is 0.221 e. The maximum Gasteiger partial charge on any atom is 0.221 e. The van der Waals surface area contributed by atoms with E-state index >= 15 is 0 Å². The SMILES string of the molecule is CC1CCC2(CC1)CNC(=O)CC1CCCN12. The first-order valence-corrected chi connectivity index (χ1v) is 7.23. The standard InChI is InChI=1S/C14H24N2O/c1-11-4-6-14(7-5-11)10-15-13(17)9-12-3-2-8-16(12)14/h11-12H,2-10H2,1H3,(H,15,17). The summed E-state index contributed by atoms with van der Waals surface area (Å²) < 4.78 is 0. The maximum atomic E-state index is 11.8. The Kier molecular flexibility index (Phi) is 2.89. The minimum atomic E-state index is 0.275. The zero-order valence-corrected chi connectivity index (χ0v) is 10.9. The lowest BCUT2D eigenvalue weighted by molar-refractivity contribution is -0.121. The highest BCUT2D eigenvalue weighted by atomic mass is 16.1. The highest BCUT2D eigenvalue weighted by Crippen LogP contribution is 2.41. The third-order valence-corrected chi connectivity index (χ3v) is 5.23. The number of nitrogens with one attached hydrogen (secondary N) is 1. The van der Waals surface area contributed by atoms with Gasteiger partial charge in [-0.05, 0) is 51.0 Å². The molecule has 1 aliphatic carbocycles. The average Bonchev–Trinajstić information content (AvgIpc) is 2.73. The maximum absolute atomic E-state index is 11.8. The summed E-state index contributed by atoms with van der Waals surface area (Å²) in [5.41, 5.74) is 0.305. The Morgan fingerprint density at radius 2 is 2.06 bits per heavy atom. The molecule has 2 heterocycles. The average molecular weight is 236 g/mol. The monoisotopic (exact) mass is 236 g/mol. The predicted molar refractivity (Wildman–Crippen MR) is 67.7 cm³/mol. The second kappa shape index (κ2) is 4.27. The number of amides is 1. The van der Waals surface area contributed by atoms with E-state index in [1.807, 2.05) is 0 Å². The minimum absolute atomic E-state index is 0.275. The summed E-state index contributed by atoms with van der Waals surface area (Å²) >= 11 is 0. The van der Waals surface area contributed by atoms with Gasteiger partial charge in [0.2, 0.25) is 5.91 Å². The molecule has 3 rings (SSSR count). The van der Waals surface area contributed by atoms with E-state index in [-0.39, 0.29) is 5.91 Å². The Bertz CT molecular complexity index is 307. The molecule has 0 radical (unpaired) electrons. The van der Waals surface area contributed by atoms with Crippen LogP contribution in [0.3, 0.4) is 0 Å². The summed E-state index contributed by atoms with van der Waals surface area (Å²) in [6, 6.07) is 0.533. The van der Waals surface area contributed by atoms with Gasteiger partial charge in [-0.1, -0.05) is 6.92 Å². The summed E-state index contributed by atoms with van der Waals surface area (Å²) in [7, 11) is 0. The van der Waals surface area contributed by atoms with Gasteiger partial charge in [-0.2, -0.15) is 0 Å². The van der Waals surface area contributed by atoms with Gasteiger partial charge in [0.1, 0.15) is 0 Å². The molecule has 0 aromatic carbocycles. The van der Waals surface area contributed by atoms with E-state index in [1.54, 1.807) is 0 Å². The van der Waals surface area contributed by atoms with Crippen molar-refractivity contribution < 1.29 is 4.79 Å². The molecule has 1 N–H and O–H groups in total. The molecule has 3 fully saturated rings. The van der Waals surface area contributed by atoms with E-state index in [4.69, 9.17) is 0 Å². The molecule has 2 aliphatic heterocycles. The number of nitrogens with zero attached hydrogens (tertiary/aromatic N) is 1. The highest BCUT2D eigenvalue weighted by molar-refractivity contribution is 5.77. The van der Waals surface area contributed by atoms with Crippen molar-refractivity contribution in [3.63, 3.8) is 0 Å². The summed E-state index contributed by atoms with van der Waals surface area (Å²) in [6.45, 7) is 4.48. The molecule has 1 atom stereocenters. The van der Waals surface area contributed by atoms with Crippen LogP contribution >= 0.6 is 0 Å². The van der Waals surface area contributed by atoms with E-state index in [9.17, 15) is 4.79 Å². The summed E-state index contributed by atoms with van der Waals surface area (Å²) in [4.78, 5) is 14.5. The van der Waals surface area contributed by atoms with Crippen LogP contribution in [-0.2, 0) is 4.79 Å². The van der Waals surface area contributed by atoms with Gasteiger partial charge in [0, 0.05) is 24.5 Å². The van der Waals surface area contributed by atoms with E-state index in [0.717, 1.165) is 18.9 Å². The largest absolute Gasteiger partial charge is 0.354 e. The lowest BCUT2D eigenvalue weighted by atomic mass is 9.75. The summed E-state index contributed by atoms with van der Waals surface area (Å²) in [5.74, 6) is 1.15. The molecule has 96 valence electrons. The Morgan fingerprint density at radius 3 is 2.82 bits per heavy atom. The Labute approximate surface area is 104 Å². The molecule has 1 saturated carbocycles. The Balaban J connectivity index is 1.83. The molecule has 1 unspecified atom stereocenters. The first kappa shape index (κ1) is 11.5. The highest BCUT2D eigenvalue weighted by Gasteiger charge is 2.46. The van der Waals surface area contributed by atoms with E-state index in [0.29, 0.717) is 11.6 Å². The summed E-state index contributed by atoms with van der Waals surface area (Å²) in [6.07, 6.45) is 8.48. The molecule has 1 amide bonds. The van der Waals surface area contributed by atoms with E-state index in [2.05, 4.69) is 17.1 Å². The number of hydrogen-bond donors (Lipinski definition) is 1. The molecule has 2 saturated heterocycles. The normalized spacial score (nSPS) is 43.2. The van der Waals surface area contributed by atoms with Crippen molar-refractivity contribution in [1.82, 2.24) is 10.2 Å². The van der Waals surface area contributed by atoms with Crippen LogP contribution < -0.4 is 5.32 Å². The molecule has 3 aliphatic rings. The van der Waals surface area contributed by atoms with Crippen LogP contribution in [0, 0.1) is 5.92 Å². The Morgan fingerprint density at radius 1 is 1.29 bits per heavy atom. The van der Waals surface area contributed by atoms with Gasteiger partial charge in [-0.3, -0.25) is 9.69 Å². The molecule has 3 heteroatoms. The van der Waals surface area contributed by atoms with Gasteiger partial charge in [-0.15, -0.1) is 0 Å². The third kappa shape index (κ3) is 1.99. The molecule has 3 nitrogen and oxygen atoms in total. The number of fused-ring (bicyclic) bond motifs is 2. The first-order chi connectivity index (χ1) is 8.20. The lowest BCUT2D eigenvalue weighted by Gasteiger charge is -2.47. The molecule has 0 aromatic heterocycles. The van der Waals surface area contributed by atoms with Gasteiger partial charge in [0.05, 0.1) is 0 Å². The molecular formula is C14H24N2O. The van der Waals surface area contributed by atoms with E-state index in [1.165, 1.54) is 45.1 Å². The number of carbonyl (C=O) groups is 1. The van der Waals surface area contributed by atoms with Crippen molar-refractivity contribution in [2.75, 3.05) is 13.1 Å². The zero-order valence-electron chi connectivity index (χ0n) is 10.9. The quantitative estimate of drug-likeness (QED) is 0.697. The van der Waals surface area contributed by atoms with Crippen LogP contribution in [0.25, 0.3) is 0 Å². The fourth-order valence-electron chi connectivity index (χ4n) is 4.09. The third-order valence-electron chi connectivity index (χ3n) is 5.23. The number of rotatable bonds is 0. The molecule has 0 bridgehead atoms. The van der Waals surface area contributed by atoms with Gasteiger partial charge in [0.25, 0.3) is 0 Å². The van der Waals surface area contributed by atoms with Crippen LogP contribution in [0.5, 0.6) is 0 Å². The van der Waals surface area contributed by atoms with E-state index < -0.39 is 0 Å². The van der Waals surface area contributed by atoms with Crippen molar-refractivity contribution in [2.24, 2.45) is 5.92 Å². The van der Waals surface area contributed by atoms with Gasteiger partial charge in [0.15, 0.2) is 0 Å². The van der Waals surface area contributed by atoms with Crippen molar-refractivity contribution >= 4 is 5.91 Å². The van der Waals surface area contributed by atoms with Crippen LogP contribution in [0.4, 0.5) is 0 Å². The number of hydrogen-bond acceptors (Lipinski definition) is 2. The summed E-state index contributed by atoms with van der Waals surface area (Å²) in [5, 5.41) is 3.17. The molecule has 17 heavy (non-hydrogen) atoms. The topological polar surface area (TPSA) is 32.3 Å². The van der Waals surface area contributed by atoms with Gasteiger partial charge >= 0.3 is 0 Å². The van der Waals surface area contributed by atoms with Crippen LogP contribution in [0.2, 0.25) is 0 Å². The van der Waals surface area contributed by atoms with Crippen molar-refractivity contribution in [2.45, 2.75) is 63.5 Å². The lowest BCUT2D eigenvalue weighted by Crippen LogP contribution is -2.56. The van der Waals surface area contributed by atoms with Crippen LogP contribution in [0.1, 0.15) is 51.9 Å². The first-order valence-electron chi connectivity index (χ1n) is 7.23. The van der Waals surface area contributed by atoms with Crippen molar-refractivity contribution in [3.05, 3.63) is 0 Å². The Hall–Kier alpha value is -0.570. The van der Waals surface area contributed by atoms with Crippen molar-refractivity contribution in [3.8, 4) is 0 Å². The minimum Gasteiger partial charge on any atom is -0.354 e. The fourth-order valence-corrected chi connectivity index (χ4v) is 4.09. The second-order valence-corrected chi connectivity index (χ2v) is 6.38. The van der Waals surface area contributed by atoms with Gasteiger partial charge in [-0.25, -0.2) is 0 Å². The molecule has 0 aromatic rings. The molecule has 1 spiro atoms. The van der Waals surface area contributed by atoms with Crippen molar-refractivity contribution in [1.29, 1.82) is 0 Å². The fraction of sp³-hybridized carbons (Fsp3) is 0.929. The second-order valence-electron chi connectivity index (χ2n) is 6.38. The predicted octanol–water partition coefficient (Wildman–Crippen LogP) is 1.92. The number of carbonyl (C=O) groups excluding carboxylic acids is 1. The van der Waals surface area contributed by atoms with Crippen LogP contribution in [-0.4, -0.2) is 35.5 Å². The van der Waals surface area contributed by atoms with Gasteiger partial charge < -0.3 is 5.32 Å². The van der Waals surface area contributed by atoms with Crippen LogP contribution in [0.15, 0.2) is 0 Å². The zero-order chi connectivity index (χ0) is 11.9.